The number of amides is 2. The summed E-state index contributed by atoms with van der Waals surface area (Å²) in [6.07, 6.45) is -0.367. The quantitative estimate of drug-likeness (QED) is 0.362. The molecule has 36 heavy (non-hydrogen) atoms. The molecule has 1 aromatic heterocycles. The summed E-state index contributed by atoms with van der Waals surface area (Å²) in [5.74, 6) is -1.60. The van der Waals surface area contributed by atoms with Crippen molar-refractivity contribution in [3.05, 3.63) is 113 Å². The summed E-state index contributed by atoms with van der Waals surface area (Å²) < 4.78 is 1.50. The van der Waals surface area contributed by atoms with Crippen LogP contribution in [0, 0.1) is 0 Å². The molecule has 0 bridgehead atoms. The Morgan fingerprint density at radius 1 is 0.972 bits per heavy atom. The van der Waals surface area contributed by atoms with Crippen molar-refractivity contribution >= 4 is 35.2 Å². The molecule has 0 radical (unpaired) electrons. The molecule has 0 spiro atoms. The fraction of sp³-hybridized carbons (Fsp3) is 0.111. The first-order valence-corrected chi connectivity index (χ1v) is 11.5. The molecule has 0 aliphatic carbocycles. The third-order valence-electron chi connectivity index (χ3n) is 5.56. The SMILES string of the molecule is CN(C(=O)c1ccccc1)c1cc(C(=O)NC(CC(=O)O)c2ccccc2Cl)nn1-c1ccccc1. The van der Waals surface area contributed by atoms with Gasteiger partial charge in [-0.15, -0.1) is 0 Å². The number of nitrogens with zero attached hydrogens (tertiary/aromatic N) is 3. The van der Waals surface area contributed by atoms with Crippen molar-refractivity contribution in [2.75, 3.05) is 11.9 Å². The highest BCUT2D eigenvalue weighted by Gasteiger charge is 2.25. The summed E-state index contributed by atoms with van der Waals surface area (Å²) in [7, 11) is 1.60. The number of carboxylic acid groups (broad SMARTS) is 1. The number of carbonyl (C=O) groups excluding carboxylic acids is 2. The second-order valence-electron chi connectivity index (χ2n) is 8.01. The van der Waals surface area contributed by atoms with Crippen LogP contribution < -0.4 is 10.2 Å². The summed E-state index contributed by atoms with van der Waals surface area (Å²) in [5.41, 5.74) is 1.62. The molecule has 2 amide bonds. The Balaban J connectivity index is 1.70. The molecule has 1 atom stereocenters. The number of carbonyl (C=O) groups is 3. The van der Waals surface area contributed by atoms with Gasteiger partial charge in [0, 0.05) is 23.7 Å². The second kappa shape index (κ2) is 10.9. The topological polar surface area (TPSA) is 105 Å². The van der Waals surface area contributed by atoms with Crippen LogP contribution in [0.1, 0.15) is 38.9 Å². The fourth-order valence-electron chi connectivity index (χ4n) is 3.76. The summed E-state index contributed by atoms with van der Waals surface area (Å²) >= 11 is 6.27. The molecule has 4 aromatic rings. The zero-order valence-corrected chi connectivity index (χ0v) is 20.1. The molecule has 0 aliphatic rings. The average Bonchev–Trinajstić information content (AvgIpc) is 3.34. The van der Waals surface area contributed by atoms with Crippen LogP contribution >= 0.6 is 11.6 Å². The second-order valence-corrected chi connectivity index (χ2v) is 8.42. The maximum Gasteiger partial charge on any atom is 0.305 e. The maximum atomic E-state index is 13.3. The number of para-hydroxylation sites is 1. The van der Waals surface area contributed by atoms with Gasteiger partial charge in [-0.25, -0.2) is 4.68 Å². The van der Waals surface area contributed by atoms with Crippen LogP contribution in [0.25, 0.3) is 5.69 Å². The number of rotatable bonds is 8. The lowest BCUT2D eigenvalue weighted by molar-refractivity contribution is -0.137. The van der Waals surface area contributed by atoms with Gasteiger partial charge in [0.05, 0.1) is 18.2 Å². The van der Waals surface area contributed by atoms with Crippen LogP contribution in [0.4, 0.5) is 5.82 Å². The van der Waals surface area contributed by atoms with E-state index in [2.05, 4.69) is 10.4 Å². The van der Waals surface area contributed by atoms with E-state index in [1.165, 1.54) is 15.6 Å². The molecule has 9 heteroatoms. The highest BCUT2D eigenvalue weighted by molar-refractivity contribution is 6.31. The maximum absolute atomic E-state index is 13.3. The number of benzene rings is 3. The normalized spacial score (nSPS) is 11.5. The Morgan fingerprint density at radius 2 is 1.58 bits per heavy atom. The van der Waals surface area contributed by atoms with E-state index in [0.717, 1.165) is 0 Å². The van der Waals surface area contributed by atoms with E-state index < -0.39 is 17.9 Å². The van der Waals surface area contributed by atoms with Gasteiger partial charge in [-0.3, -0.25) is 19.3 Å². The minimum Gasteiger partial charge on any atom is -0.481 e. The summed E-state index contributed by atoms with van der Waals surface area (Å²) in [5, 5.41) is 16.9. The molecule has 1 unspecified atom stereocenters. The van der Waals surface area contributed by atoms with Crippen LogP contribution in [0.5, 0.6) is 0 Å². The van der Waals surface area contributed by atoms with Gasteiger partial charge in [0.25, 0.3) is 11.8 Å². The Kier molecular flexibility index (Phi) is 7.46. The van der Waals surface area contributed by atoms with Gasteiger partial charge in [0.2, 0.25) is 0 Å². The van der Waals surface area contributed by atoms with E-state index >= 15 is 0 Å². The van der Waals surface area contributed by atoms with Crippen LogP contribution in [-0.4, -0.2) is 39.7 Å². The van der Waals surface area contributed by atoms with Crippen LogP contribution in [0.3, 0.4) is 0 Å². The lowest BCUT2D eigenvalue weighted by Crippen LogP contribution is -2.30. The van der Waals surface area contributed by atoms with Crippen LogP contribution in [0.2, 0.25) is 5.02 Å². The molecule has 2 N–H and O–H groups in total. The van der Waals surface area contributed by atoms with Crippen molar-refractivity contribution in [3.63, 3.8) is 0 Å². The monoisotopic (exact) mass is 502 g/mol. The number of nitrogens with one attached hydrogen (secondary N) is 1. The molecule has 1 heterocycles. The zero-order chi connectivity index (χ0) is 25.7. The van der Waals surface area contributed by atoms with Gasteiger partial charge in [-0.1, -0.05) is 66.2 Å². The Bertz CT molecular complexity index is 1390. The smallest absolute Gasteiger partial charge is 0.305 e. The van der Waals surface area contributed by atoms with Crippen molar-refractivity contribution in [1.29, 1.82) is 0 Å². The lowest BCUT2D eigenvalue weighted by Gasteiger charge is -2.18. The van der Waals surface area contributed by atoms with E-state index in [0.29, 0.717) is 27.7 Å². The molecule has 0 saturated carbocycles. The molecule has 182 valence electrons. The van der Waals surface area contributed by atoms with Crippen LogP contribution in [0.15, 0.2) is 91.0 Å². The Hall–Kier alpha value is -4.43. The predicted octanol–water partition coefficient (Wildman–Crippen LogP) is 4.75. The first-order valence-electron chi connectivity index (χ1n) is 11.1. The van der Waals surface area contributed by atoms with Crippen molar-refractivity contribution in [2.24, 2.45) is 0 Å². The highest BCUT2D eigenvalue weighted by Crippen LogP contribution is 2.27. The number of aliphatic carboxylic acids is 1. The highest BCUT2D eigenvalue weighted by atomic mass is 35.5. The summed E-state index contributed by atoms with van der Waals surface area (Å²) in [6.45, 7) is 0. The van der Waals surface area contributed by atoms with Crippen molar-refractivity contribution < 1.29 is 19.5 Å². The van der Waals surface area contributed by atoms with Crippen molar-refractivity contribution in [2.45, 2.75) is 12.5 Å². The number of hydrogen-bond acceptors (Lipinski definition) is 4. The molecule has 0 aliphatic heterocycles. The lowest BCUT2D eigenvalue weighted by atomic mass is 10.0. The van der Waals surface area contributed by atoms with Gasteiger partial charge in [0.15, 0.2) is 5.69 Å². The van der Waals surface area contributed by atoms with E-state index in [9.17, 15) is 19.5 Å². The number of aromatic nitrogens is 2. The zero-order valence-electron chi connectivity index (χ0n) is 19.3. The number of anilines is 1. The van der Waals surface area contributed by atoms with E-state index in [4.69, 9.17) is 11.6 Å². The fourth-order valence-corrected chi connectivity index (χ4v) is 4.03. The molecule has 8 nitrogen and oxygen atoms in total. The summed E-state index contributed by atoms with van der Waals surface area (Å²) in [4.78, 5) is 39.3. The van der Waals surface area contributed by atoms with Gasteiger partial charge in [0.1, 0.15) is 5.82 Å². The van der Waals surface area contributed by atoms with Gasteiger partial charge >= 0.3 is 5.97 Å². The van der Waals surface area contributed by atoms with E-state index in [1.54, 1.807) is 67.7 Å². The minimum atomic E-state index is -1.09. The predicted molar refractivity (Wildman–Crippen MR) is 137 cm³/mol. The van der Waals surface area contributed by atoms with Gasteiger partial charge in [-0.05, 0) is 35.9 Å². The minimum absolute atomic E-state index is 0.0176. The molecule has 3 aromatic carbocycles. The van der Waals surface area contributed by atoms with Gasteiger partial charge in [-0.2, -0.15) is 5.10 Å². The molecule has 0 fully saturated rings. The third-order valence-corrected chi connectivity index (χ3v) is 5.90. The molecular weight excluding hydrogens is 480 g/mol. The van der Waals surface area contributed by atoms with Crippen LogP contribution in [-0.2, 0) is 4.79 Å². The Labute approximate surface area is 212 Å². The number of halogens is 1. The summed E-state index contributed by atoms with van der Waals surface area (Å²) in [6, 6.07) is 25.2. The van der Waals surface area contributed by atoms with Crippen molar-refractivity contribution in [3.8, 4) is 5.69 Å². The first kappa shape index (κ1) is 24.7. The standard InChI is InChI=1S/C27H23ClN4O4/c1-31(27(36)18-10-4-2-5-11-18)24-16-23(30-32(24)19-12-6-3-7-13-19)26(35)29-22(17-25(33)34)20-14-8-9-15-21(20)28/h2-16,22H,17H2,1H3,(H,29,35)(H,33,34). The molecule has 0 saturated heterocycles. The number of hydrogen-bond donors (Lipinski definition) is 2. The number of carboxylic acids is 1. The average molecular weight is 503 g/mol. The molecule has 4 rings (SSSR count). The van der Waals surface area contributed by atoms with Gasteiger partial charge < -0.3 is 10.4 Å². The first-order chi connectivity index (χ1) is 17.3. The third kappa shape index (κ3) is 5.45. The van der Waals surface area contributed by atoms with Crippen molar-refractivity contribution in [1.82, 2.24) is 15.1 Å². The van der Waals surface area contributed by atoms with E-state index in [-0.39, 0.29) is 18.0 Å². The largest absolute Gasteiger partial charge is 0.481 e. The molecular formula is C27H23ClN4O4. The van der Waals surface area contributed by atoms with E-state index in [1.807, 2.05) is 24.3 Å². The Morgan fingerprint density at radius 3 is 2.22 bits per heavy atom.